The standard InChI is InChI=1S/C28H37N3O5/c1-35-25-10-6-5-9-23(25)29-28(34)30-24-12-11-22(36-26(24)19-32)18-27(33)31-15-13-21(14-16-31)17-20-7-3-2-4-8-20/h2-10,21-22,24,26,32H,11-19H2,1H3,(H2,29,30,34)/t22-,24+,26-/m1/s1. The summed E-state index contributed by atoms with van der Waals surface area (Å²) < 4.78 is 11.3. The lowest BCUT2D eigenvalue weighted by atomic mass is 9.90. The zero-order chi connectivity index (χ0) is 25.3. The minimum atomic E-state index is -0.559. The van der Waals surface area contributed by atoms with Crippen molar-refractivity contribution in [1.82, 2.24) is 10.2 Å². The molecular formula is C28H37N3O5. The third kappa shape index (κ3) is 6.98. The molecule has 0 aliphatic carbocycles. The molecule has 8 nitrogen and oxygen atoms in total. The molecule has 0 unspecified atom stereocenters. The summed E-state index contributed by atoms with van der Waals surface area (Å²) in [6, 6.07) is 16.9. The van der Waals surface area contributed by atoms with Crippen LogP contribution < -0.4 is 15.4 Å². The van der Waals surface area contributed by atoms with Crippen molar-refractivity contribution in [3.05, 3.63) is 60.2 Å². The van der Waals surface area contributed by atoms with Crippen LogP contribution >= 0.6 is 0 Å². The summed E-state index contributed by atoms with van der Waals surface area (Å²) in [5.41, 5.74) is 1.92. The number of amides is 3. The predicted octanol–water partition coefficient (Wildman–Crippen LogP) is 3.60. The van der Waals surface area contributed by atoms with Gasteiger partial charge in [0.05, 0.1) is 38.0 Å². The number of aliphatic hydroxyl groups is 1. The van der Waals surface area contributed by atoms with Crippen molar-refractivity contribution in [2.24, 2.45) is 5.92 Å². The van der Waals surface area contributed by atoms with Gasteiger partial charge in [0.2, 0.25) is 5.91 Å². The number of anilines is 1. The molecule has 0 aromatic heterocycles. The molecule has 2 heterocycles. The molecule has 194 valence electrons. The van der Waals surface area contributed by atoms with Gasteiger partial charge in [-0.2, -0.15) is 0 Å². The number of carbonyl (C=O) groups excluding carboxylic acids is 2. The van der Waals surface area contributed by atoms with Gasteiger partial charge < -0.3 is 30.1 Å². The average Bonchev–Trinajstić information content (AvgIpc) is 2.90. The van der Waals surface area contributed by atoms with Gasteiger partial charge in [-0.15, -0.1) is 0 Å². The Hall–Kier alpha value is -3.10. The molecule has 2 aliphatic rings. The van der Waals surface area contributed by atoms with E-state index >= 15 is 0 Å². The number of carbonyl (C=O) groups is 2. The number of para-hydroxylation sites is 2. The maximum atomic E-state index is 12.9. The highest BCUT2D eigenvalue weighted by molar-refractivity contribution is 5.91. The lowest BCUT2D eigenvalue weighted by molar-refractivity contribution is -0.141. The van der Waals surface area contributed by atoms with Crippen LogP contribution in [0.1, 0.15) is 37.7 Å². The van der Waals surface area contributed by atoms with Gasteiger partial charge in [-0.25, -0.2) is 4.79 Å². The number of nitrogens with zero attached hydrogens (tertiary/aromatic N) is 1. The second-order valence-corrected chi connectivity index (χ2v) is 9.68. The topological polar surface area (TPSA) is 100 Å². The van der Waals surface area contributed by atoms with Crippen LogP contribution in [0.4, 0.5) is 10.5 Å². The Balaban J connectivity index is 1.21. The molecule has 0 bridgehead atoms. The minimum absolute atomic E-state index is 0.107. The van der Waals surface area contributed by atoms with Gasteiger partial charge in [0, 0.05) is 13.1 Å². The van der Waals surface area contributed by atoms with Gasteiger partial charge >= 0.3 is 6.03 Å². The molecule has 8 heteroatoms. The van der Waals surface area contributed by atoms with E-state index < -0.39 is 6.10 Å². The van der Waals surface area contributed by atoms with Crippen LogP contribution in [-0.4, -0.2) is 67.0 Å². The molecule has 2 saturated heterocycles. The van der Waals surface area contributed by atoms with E-state index in [1.54, 1.807) is 19.2 Å². The molecule has 3 amide bonds. The second kappa shape index (κ2) is 12.7. The molecule has 0 spiro atoms. The van der Waals surface area contributed by atoms with Crippen LogP contribution in [0.25, 0.3) is 0 Å². The number of piperidine rings is 1. The largest absolute Gasteiger partial charge is 0.495 e. The number of benzene rings is 2. The normalized spacial score (nSPS) is 22.6. The lowest BCUT2D eigenvalue weighted by Gasteiger charge is -2.37. The molecule has 2 aromatic carbocycles. The number of hydrogen-bond donors (Lipinski definition) is 3. The first-order valence-electron chi connectivity index (χ1n) is 12.8. The van der Waals surface area contributed by atoms with E-state index in [1.165, 1.54) is 5.56 Å². The van der Waals surface area contributed by atoms with Crippen molar-refractivity contribution < 1.29 is 24.2 Å². The summed E-state index contributed by atoms with van der Waals surface area (Å²) in [6.45, 7) is 1.33. The highest BCUT2D eigenvalue weighted by atomic mass is 16.5. The molecule has 2 fully saturated rings. The van der Waals surface area contributed by atoms with Crippen molar-refractivity contribution >= 4 is 17.6 Å². The number of urea groups is 1. The van der Waals surface area contributed by atoms with E-state index in [0.29, 0.717) is 36.6 Å². The first-order chi connectivity index (χ1) is 17.6. The number of methoxy groups -OCH3 is 1. The summed E-state index contributed by atoms with van der Waals surface area (Å²) in [5, 5.41) is 15.6. The second-order valence-electron chi connectivity index (χ2n) is 9.68. The van der Waals surface area contributed by atoms with Crippen LogP contribution in [0.5, 0.6) is 5.75 Å². The van der Waals surface area contributed by atoms with E-state index in [9.17, 15) is 14.7 Å². The molecule has 2 aliphatic heterocycles. The Morgan fingerprint density at radius 2 is 1.75 bits per heavy atom. The van der Waals surface area contributed by atoms with E-state index in [0.717, 1.165) is 32.4 Å². The molecule has 2 aromatic rings. The number of hydrogen-bond acceptors (Lipinski definition) is 5. The van der Waals surface area contributed by atoms with Crippen LogP contribution in [0.3, 0.4) is 0 Å². The first-order valence-corrected chi connectivity index (χ1v) is 12.8. The molecule has 4 rings (SSSR count). The Morgan fingerprint density at radius 3 is 2.47 bits per heavy atom. The Morgan fingerprint density at radius 1 is 1.03 bits per heavy atom. The van der Waals surface area contributed by atoms with Crippen LogP contribution in [-0.2, 0) is 16.0 Å². The van der Waals surface area contributed by atoms with Crippen molar-refractivity contribution in [2.75, 3.05) is 32.1 Å². The maximum Gasteiger partial charge on any atom is 0.319 e. The Bertz CT molecular complexity index is 994. The quantitative estimate of drug-likeness (QED) is 0.520. The van der Waals surface area contributed by atoms with Gasteiger partial charge in [0.15, 0.2) is 0 Å². The smallest absolute Gasteiger partial charge is 0.319 e. The fourth-order valence-electron chi connectivity index (χ4n) is 5.18. The Labute approximate surface area is 213 Å². The van der Waals surface area contributed by atoms with Gasteiger partial charge in [-0.1, -0.05) is 42.5 Å². The zero-order valence-electron chi connectivity index (χ0n) is 20.9. The number of aliphatic hydroxyl groups excluding tert-OH is 1. The monoisotopic (exact) mass is 495 g/mol. The van der Waals surface area contributed by atoms with E-state index in [1.807, 2.05) is 23.1 Å². The fourth-order valence-corrected chi connectivity index (χ4v) is 5.18. The number of ether oxygens (including phenoxy) is 2. The highest BCUT2D eigenvalue weighted by Gasteiger charge is 2.34. The number of likely N-dealkylation sites (tertiary alicyclic amines) is 1. The van der Waals surface area contributed by atoms with Crippen molar-refractivity contribution in [1.29, 1.82) is 0 Å². The SMILES string of the molecule is COc1ccccc1NC(=O)N[C@H]1CC[C@H](CC(=O)N2CCC(Cc3ccccc3)CC2)O[C@@H]1CO. The van der Waals surface area contributed by atoms with Gasteiger partial charge in [-0.3, -0.25) is 4.79 Å². The van der Waals surface area contributed by atoms with Gasteiger partial charge in [0.1, 0.15) is 11.9 Å². The lowest BCUT2D eigenvalue weighted by Crippen LogP contribution is -2.52. The van der Waals surface area contributed by atoms with E-state index in [-0.39, 0.29) is 30.7 Å². The third-order valence-corrected chi connectivity index (χ3v) is 7.20. The highest BCUT2D eigenvalue weighted by Crippen LogP contribution is 2.26. The molecule has 0 saturated carbocycles. The summed E-state index contributed by atoms with van der Waals surface area (Å²) in [4.78, 5) is 27.4. The minimum Gasteiger partial charge on any atom is -0.495 e. The van der Waals surface area contributed by atoms with Crippen molar-refractivity contribution in [3.63, 3.8) is 0 Å². The number of rotatable bonds is 8. The summed E-state index contributed by atoms with van der Waals surface area (Å²) >= 11 is 0. The fraction of sp³-hybridized carbons (Fsp3) is 0.500. The first kappa shape index (κ1) is 26.0. The van der Waals surface area contributed by atoms with Crippen LogP contribution in [0.2, 0.25) is 0 Å². The van der Waals surface area contributed by atoms with Crippen LogP contribution in [0, 0.1) is 5.92 Å². The molecular weight excluding hydrogens is 458 g/mol. The molecule has 0 radical (unpaired) electrons. The average molecular weight is 496 g/mol. The third-order valence-electron chi connectivity index (χ3n) is 7.20. The Kier molecular flexibility index (Phi) is 9.19. The van der Waals surface area contributed by atoms with Crippen molar-refractivity contribution in [3.8, 4) is 5.75 Å². The van der Waals surface area contributed by atoms with Crippen LogP contribution in [0.15, 0.2) is 54.6 Å². The number of nitrogens with one attached hydrogen (secondary N) is 2. The summed E-state index contributed by atoms with van der Waals surface area (Å²) in [5.74, 6) is 1.28. The maximum absolute atomic E-state index is 12.9. The molecule has 3 atom stereocenters. The predicted molar refractivity (Wildman–Crippen MR) is 138 cm³/mol. The molecule has 36 heavy (non-hydrogen) atoms. The summed E-state index contributed by atoms with van der Waals surface area (Å²) in [6.07, 6.45) is 3.85. The van der Waals surface area contributed by atoms with E-state index in [2.05, 4.69) is 34.9 Å². The van der Waals surface area contributed by atoms with Gasteiger partial charge in [-0.05, 0) is 55.7 Å². The summed E-state index contributed by atoms with van der Waals surface area (Å²) in [7, 11) is 1.55. The molecule has 3 N–H and O–H groups in total. The van der Waals surface area contributed by atoms with Gasteiger partial charge in [0.25, 0.3) is 0 Å². The van der Waals surface area contributed by atoms with Crippen molar-refractivity contribution in [2.45, 2.75) is 56.8 Å². The zero-order valence-corrected chi connectivity index (χ0v) is 20.9. The van der Waals surface area contributed by atoms with E-state index in [4.69, 9.17) is 9.47 Å².